The van der Waals surface area contributed by atoms with Crippen LogP contribution in [0.2, 0.25) is 0 Å². The molecule has 0 radical (unpaired) electrons. The molecule has 0 aromatic heterocycles. The Morgan fingerprint density at radius 1 is 1.25 bits per heavy atom. The standard InChI is InChI=1S/C15H21NO4/c1-10-8-18-9-12(16-10)7-13(17)11-2-3-14-15(6-11)20-5-4-19-14/h2-3,6,10,12-13,16-17H,4-5,7-9H2,1H3. The molecule has 1 saturated heterocycles. The zero-order valence-electron chi connectivity index (χ0n) is 11.7. The van der Waals surface area contributed by atoms with Crippen LogP contribution in [0, 0.1) is 0 Å². The van der Waals surface area contributed by atoms with Crippen molar-refractivity contribution in [2.75, 3.05) is 26.4 Å². The second kappa shape index (κ2) is 5.99. The predicted octanol–water partition coefficient (Wildman–Crippen LogP) is 1.26. The number of ether oxygens (including phenoxy) is 3. The highest BCUT2D eigenvalue weighted by Gasteiger charge is 2.23. The molecular formula is C15H21NO4. The SMILES string of the molecule is CC1COCC(CC(O)c2ccc3c(c2)OCCO3)N1. The van der Waals surface area contributed by atoms with Crippen LogP contribution in [0.25, 0.3) is 0 Å². The Balaban J connectivity index is 1.66. The molecule has 3 rings (SSSR count). The summed E-state index contributed by atoms with van der Waals surface area (Å²) in [5.74, 6) is 1.47. The third-order valence-corrected chi connectivity index (χ3v) is 3.67. The van der Waals surface area contributed by atoms with Gasteiger partial charge in [0.2, 0.25) is 0 Å². The zero-order chi connectivity index (χ0) is 13.9. The lowest BCUT2D eigenvalue weighted by Gasteiger charge is -2.30. The molecule has 1 fully saturated rings. The van der Waals surface area contributed by atoms with Crippen molar-refractivity contribution in [3.63, 3.8) is 0 Å². The minimum absolute atomic E-state index is 0.182. The first-order valence-corrected chi connectivity index (χ1v) is 7.14. The van der Waals surface area contributed by atoms with Crippen LogP contribution in [-0.2, 0) is 4.74 Å². The highest BCUT2D eigenvalue weighted by atomic mass is 16.6. The Morgan fingerprint density at radius 3 is 2.85 bits per heavy atom. The van der Waals surface area contributed by atoms with Crippen molar-refractivity contribution in [1.29, 1.82) is 0 Å². The van der Waals surface area contributed by atoms with Crippen LogP contribution in [0.15, 0.2) is 18.2 Å². The molecule has 0 bridgehead atoms. The first kappa shape index (κ1) is 13.7. The summed E-state index contributed by atoms with van der Waals surface area (Å²) in [6.45, 7) is 4.60. The molecule has 0 spiro atoms. The second-order valence-electron chi connectivity index (χ2n) is 5.46. The molecule has 1 aromatic carbocycles. The van der Waals surface area contributed by atoms with Gasteiger partial charge in [0.1, 0.15) is 13.2 Å². The summed E-state index contributed by atoms with van der Waals surface area (Å²) in [6, 6.07) is 6.14. The number of benzene rings is 1. The van der Waals surface area contributed by atoms with Crippen LogP contribution in [0.3, 0.4) is 0 Å². The Labute approximate surface area is 118 Å². The van der Waals surface area contributed by atoms with Crippen LogP contribution in [0.5, 0.6) is 11.5 Å². The van der Waals surface area contributed by atoms with Gasteiger partial charge in [0, 0.05) is 12.1 Å². The third kappa shape index (κ3) is 3.06. The van der Waals surface area contributed by atoms with E-state index in [0.717, 1.165) is 17.9 Å². The van der Waals surface area contributed by atoms with Crippen molar-refractivity contribution >= 4 is 0 Å². The number of rotatable bonds is 3. The van der Waals surface area contributed by atoms with Gasteiger partial charge in [-0.1, -0.05) is 6.07 Å². The van der Waals surface area contributed by atoms with Gasteiger partial charge in [-0.05, 0) is 31.0 Å². The maximum atomic E-state index is 10.4. The predicted molar refractivity (Wildman–Crippen MR) is 74.2 cm³/mol. The summed E-state index contributed by atoms with van der Waals surface area (Å²) in [4.78, 5) is 0. The van der Waals surface area contributed by atoms with Gasteiger partial charge in [0.15, 0.2) is 11.5 Å². The average molecular weight is 279 g/mol. The smallest absolute Gasteiger partial charge is 0.161 e. The fourth-order valence-corrected chi connectivity index (χ4v) is 2.69. The number of fused-ring (bicyclic) bond motifs is 1. The average Bonchev–Trinajstić information content (AvgIpc) is 2.47. The molecule has 2 heterocycles. The molecule has 2 aliphatic heterocycles. The minimum atomic E-state index is -0.530. The molecule has 2 N–H and O–H groups in total. The lowest BCUT2D eigenvalue weighted by atomic mass is 10.0. The van der Waals surface area contributed by atoms with Crippen molar-refractivity contribution in [3.8, 4) is 11.5 Å². The van der Waals surface area contributed by atoms with Gasteiger partial charge >= 0.3 is 0 Å². The third-order valence-electron chi connectivity index (χ3n) is 3.67. The normalized spacial score (nSPS) is 27.1. The van der Waals surface area contributed by atoms with Gasteiger partial charge in [-0.3, -0.25) is 0 Å². The van der Waals surface area contributed by atoms with Crippen molar-refractivity contribution in [3.05, 3.63) is 23.8 Å². The number of hydrogen-bond donors (Lipinski definition) is 2. The molecule has 5 heteroatoms. The fraction of sp³-hybridized carbons (Fsp3) is 0.600. The quantitative estimate of drug-likeness (QED) is 0.872. The van der Waals surface area contributed by atoms with E-state index >= 15 is 0 Å². The van der Waals surface area contributed by atoms with Gasteiger partial charge in [0.25, 0.3) is 0 Å². The van der Waals surface area contributed by atoms with E-state index in [1.54, 1.807) is 0 Å². The van der Waals surface area contributed by atoms with E-state index in [9.17, 15) is 5.11 Å². The molecule has 0 aliphatic carbocycles. The summed E-state index contributed by atoms with van der Waals surface area (Å²) in [5, 5.41) is 13.8. The van der Waals surface area contributed by atoms with E-state index < -0.39 is 6.10 Å². The van der Waals surface area contributed by atoms with Gasteiger partial charge in [-0.25, -0.2) is 0 Å². The Bertz CT molecular complexity index is 465. The summed E-state index contributed by atoms with van der Waals surface area (Å²) in [6.07, 6.45) is 0.0986. The maximum absolute atomic E-state index is 10.4. The van der Waals surface area contributed by atoms with Gasteiger partial charge in [0.05, 0.1) is 19.3 Å². The topological polar surface area (TPSA) is 60.0 Å². The van der Waals surface area contributed by atoms with Crippen LogP contribution in [0.4, 0.5) is 0 Å². The molecular weight excluding hydrogens is 258 g/mol. The molecule has 5 nitrogen and oxygen atoms in total. The molecule has 2 aliphatic rings. The monoisotopic (exact) mass is 279 g/mol. The zero-order valence-corrected chi connectivity index (χ0v) is 11.7. The number of hydrogen-bond acceptors (Lipinski definition) is 5. The second-order valence-corrected chi connectivity index (χ2v) is 5.46. The molecule has 3 unspecified atom stereocenters. The first-order chi connectivity index (χ1) is 9.72. The minimum Gasteiger partial charge on any atom is -0.486 e. The Morgan fingerprint density at radius 2 is 2.05 bits per heavy atom. The first-order valence-electron chi connectivity index (χ1n) is 7.14. The van der Waals surface area contributed by atoms with E-state index in [-0.39, 0.29) is 6.04 Å². The molecule has 3 atom stereocenters. The van der Waals surface area contributed by atoms with E-state index in [1.165, 1.54) is 0 Å². The number of morpholine rings is 1. The van der Waals surface area contributed by atoms with Gasteiger partial charge in [-0.15, -0.1) is 0 Å². The van der Waals surface area contributed by atoms with E-state index in [0.29, 0.717) is 38.0 Å². The number of nitrogens with one attached hydrogen (secondary N) is 1. The van der Waals surface area contributed by atoms with Crippen molar-refractivity contribution < 1.29 is 19.3 Å². The lowest BCUT2D eigenvalue weighted by Crippen LogP contribution is -2.47. The van der Waals surface area contributed by atoms with Crippen molar-refractivity contribution in [1.82, 2.24) is 5.32 Å². The van der Waals surface area contributed by atoms with E-state index in [4.69, 9.17) is 14.2 Å². The highest BCUT2D eigenvalue weighted by Crippen LogP contribution is 2.33. The summed E-state index contributed by atoms with van der Waals surface area (Å²) in [7, 11) is 0. The summed E-state index contributed by atoms with van der Waals surface area (Å²) >= 11 is 0. The lowest BCUT2D eigenvalue weighted by molar-refractivity contribution is 0.0303. The Hall–Kier alpha value is -1.30. The molecule has 1 aromatic rings. The van der Waals surface area contributed by atoms with Crippen LogP contribution in [0.1, 0.15) is 25.0 Å². The van der Waals surface area contributed by atoms with Gasteiger partial charge < -0.3 is 24.6 Å². The molecule has 0 saturated carbocycles. The number of aliphatic hydroxyl groups excluding tert-OH is 1. The van der Waals surface area contributed by atoms with E-state index in [1.807, 2.05) is 18.2 Å². The van der Waals surface area contributed by atoms with Gasteiger partial charge in [-0.2, -0.15) is 0 Å². The summed E-state index contributed by atoms with van der Waals surface area (Å²) in [5.41, 5.74) is 0.856. The number of aliphatic hydroxyl groups is 1. The maximum Gasteiger partial charge on any atom is 0.161 e. The largest absolute Gasteiger partial charge is 0.486 e. The highest BCUT2D eigenvalue weighted by molar-refractivity contribution is 5.44. The Kier molecular flexibility index (Phi) is 4.10. The van der Waals surface area contributed by atoms with Crippen LogP contribution >= 0.6 is 0 Å². The molecule has 110 valence electrons. The van der Waals surface area contributed by atoms with Crippen LogP contribution < -0.4 is 14.8 Å². The van der Waals surface area contributed by atoms with Crippen molar-refractivity contribution in [2.24, 2.45) is 0 Å². The molecule has 0 amide bonds. The van der Waals surface area contributed by atoms with Crippen LogP contribution in [-0.4, -0.2) is 43.6 Å². The van der Waals surface area contributed by atoms with E-state index in [2.05, 4.69) is 12.2 Å². The summed E-state index contributed by atoms with van der Waals surface area (Å²) < 4.78 is 16.5. The molecule has 20 heavy (non-hydrogen) atoms. The fourth-order valence-electron chi connectivity index (χ4n) is 2.69. The van der Waals surface area contributed by atoms with Crippen molar-refractivity contribution in [2.45, 2.75) is 31.5 Å².